The van der Waals surface area contributed by atoms with Gasteiger partial charge in [0.15, 0.2) is 0 Å². The van der Waals surface area contributed by atoms with Gasteiger partial charge in [0.05, 0.1) is 5.69 Å². The molecule has 0 saturated heterocycles. The second-order valence-corrected chi connectivity index (χ2v) is 4.20. The lowest BCUT2D eigenvalue weighted by atomic mass is 9.98. The van der Waals surface area contributed by atoms with E-state index in [4.69, 9.17) is 5.73 Å². The van der Waals surface area contributed by atoms with Gasteiger partial charge < -0.3 is 11.1 Å². The van der Waals surface area contributed by atoms with Crippen molar-refractivity contribution in [3.63, 3.8) is 0 Å². The number of hydrogen-bond acceptors (Lipinski definition) is 3. The Morgan fingerprint density at radius 1 is 1.50 bits per heavy atom. The Labute approximate surface area is 85.7 Å². The smallest absolute Gasteiger partial charge is 0.146 e. The van der Waals surface area contributed by atoms with Crippen LogP contribution in [0.2, 0.25) is 0 Å². The van der Waals surface area contributed by atoms with Gasteiger partial charge in [0, 0.05) is 11.7 Å². The fourth-order valence-electron chi connectivity index (χ4n) is 1.58. The predicted octanol–water partition coefficient (Wildman–Crippen LogP) is 2.65. The van der Waals surface area contributed by atoms with Gasteiger partial charge in [-0.2, -0.15) is 0 Å². The number of nitrogens with two attached hydrogens (primary N) is 1. The van der Waals surface area contributed by atoms with Gasteiger partial charge in [0.25, 0.3) is 0 Å². The summed E-state index contributed by atoms with van der Waals surface area (Å²) >= 11 is 0. The van der Waals surface area contributed by atoms with Gasteiger partial charge in [-0.05, 0) is 32.4 Å². The van der Waals surface area contributed by atoms with Crippen LogP contribution in [-0.4, -0.2) is 10.5 Å². The highest BCUT2D eigenvalue weighted by Gasteiger charge is 2.16. The van der Waals surface area contributed by atoms with E-state index in [-0.39, 0.29) is 5.54 Å². The molecule has 0 atom stereocenters. The minimum atomic E-state index is 0.0753. The van der Waals surface area contributed by atoms with E-state index < -0.39 is 0 Å². The molecule has 0 spiro atoms. The van der Waals surface area contributed by atoms with E-state index in [1.165, 1.54) is 0 Å². The molecular formula is C11H19N3. The van der Waals surface area contributed by atoms with Crippen molar-refractivity contribution in [2.24, 2.45) is 0 Å². The minimum Gasteiger partial charge on any atom is -0.382 e. The average molecular weight is 193 g/mol. The standard InChI is InChI=1S/C11H19N3/c1-4-7-11(2,3)14-9-6-5-8-13-10(9)12/h5-6,8,14H,4,7H2,1-3H3,(H2,12,13). The van der Waals surface area contributed by atoms with Crippen LogP contribution in [0.5, 0.6) is 0 Å². The third kappa shape index (κ3) is 2.91. The zero-order valence-electron chi connectivity index (χ0n) is 9.17. The molecule has 0 fully saturated rings. The molecule has 1 rings (SSSR count). The van der Waals surface area contributed by atoms with Crippen molar-refractivity contribution in [3.8, 4) is 0 Å². The van der Waals surface area contributed by atoms with Crippen LogP contribution in [0.25, 0.3) is 0 Å². The third-order valence-corrected chi connectivity index (χ3v) is 2.19. The summed E-state index contributed by atoms with van der Waals surface area (Å²) < 4.78 is 0. The number of rotatable bonds is 4. The number of hydrogen-bond donors (Lipinski definition) is 2. The summed E-state index contributed by atoms with van der Waals surface area (Å²) in [5.74, 6) is 0.566. The zero-order chi connectivity index (χ0) is 10.6. The van der Waals surface area contributed by atoms with E-state index >= 15 is 0 Å². The fourth-order valence-corrected chi connectivity index (χ4v) is 1.58. The van der Waals surface area contributed by atoms with E-state index in [9.17, 15) is 0 Å². The SMILES string of the molecule is CCCC(C)(C)Nc1cccnc1N. The van der Waals surface area contributed by atoms with Crippen LogP contribution in [0.4, 0.5) is 11.5 Å². The number of pyridine rings is 1. The van der Waals surface area contributed by atoms with E-state index in [1.54, 1.807) is 6.20 Å². The first kappa shape index (κ1) is 10.8. The number of nitrogens with zero attached hydrogens (tertiary/aromatic N) is 1. The van der Waals surface area contributed by atoms with Crippen molar-refractivity contribution >= 4 is 11.5 Å². The highest BCUT2D eigenvalue weighted by molar-refractivity contribution is 5.61. The lowest BCUT2D eigenvalue weighted by Crippen LogP contribution is -2.30. The molecule has 0 saturated carbocycles. The lowest BCUT2D eigenvalue weighted by molar-refractivity contribution is 0.511. The van der Waals surface area contributed by atoms with E-state index in [0.29, 0.717) is 5.82 Å². The summed E-state index contributed by atoms with van der Waals surface area (Å²) in [6.07, 6.45) is 3.97. The third-order valence-electron chi connectivity index (χ3n) is 2.19. The first-order chi connectivity index (χ1) is 6.55. The van der Waals surface area contributed by atoms with Gasteiger partial charge in [-0.15, -0.1) is 0 Å². The Kier molecular flexibility index (Phi) is 3.33. The summed E-state index contributed by atoms with van der Waals surface area (Å²) in [7, 11) is 0. The minimum absolute atomic E-state index is 0.0753. The number of nitrogens with one attached hydrogen (secondary N) is 1. The summed E-state index contributed by atoms with van der Waals surface area (Å²) in [6.45, 7) is 6.52. The highest BCUT2D eigenvalue weighted by Crippen LogP contribution is 2.22. The van der Waals surface area contributed by atoms with Gasteiger partial charge in [-0.1, -0.05) is 13.3 Å². The molecule has 0 aliphatic heterocycles. The van der Waals surface area contributed by atoms with Gasteiger partial charge in [0.2, 0.25) is 0 Å². The topological polar surface area (TPSA) is 50.9 Å². The second kappa shape index (κ2) is 4.31. The fraction of sp³-hybridized carbons (Fsp3) is 0.545. The zero-order valence-corrected chi connectivity index (χ0v) is 9.17. The summed E-state index contributed by atoms with van der Waals surface area (Å²) in [5.41, 5.74) is 6.75. The Morgan fingerprint density at radius 3 is 2.79 bits per heavy atom. The molecule has 0 unspecified atom stereocenters. The molecule has 0 amide bonds. The molecule has 78 valence electrons. The van der Waals surface area contributed by atoms with E-state index in [2.05, 4.69) is 31.1 Å². The normalized spacial score (nSPS) is 11.4. The summed E-state index contributed by atoms with van der Waals surface area (Å²) in [4.78, 5) is 4.04. The van der Waals surface area contributed by atoms with Crippen molar-refractivity contribution in [1.29, 1.82) is 0 Å². The molecular weight excluding hydrogens is 174 g/mol. The van der Waals surface area contributed by atoms with Crippen molar-refractivity contribution < 1.29 is 0 Å². The predicted molar refractivity (Wildman–Crippen MR) is 61.3 cm³/mol. The molecule has 1 aromatic rings. The van der Waals surface area contributed by atoms with Crippen LogP contribution >= 0.6 is 0 Å². The number of nitrogen functional groups attached to an aromatic ring is 1. The molecule has 14 heavy (non-hydrogen) atoms. The number of anilines is 2. The monoisotopic (exact) mass is 193 g/mol. The summed E-state index contributed by atoms with van der Waals surface area (Å²) in [5, 5.41) is 3.40. The maximum atomic E-state index is 5.75. The van der Waals surface area contributed by atoms with Gasteiger partial charge in [-0.25, -0.2) is 4.98 Å². The van der Waals surface area contributed by atoms with Crippen LogP contribution < -0.4 is 11.1 Å². The molecule has 3 N–H and O–H groups in total. The van der Waals surface area contributed by atoms with Crippen LogP contribution in [0, 0.1) is 0 Å². The van der Waals surface area contributed by atoms with E-state index in [0.717, 1.165) is 18.5 Å². The van der Waals surface area contributed by atoms with Crippen molar-refractivity contribution in [3.05, 3.63) is 18.3 Å². The molecule has 0 aliphatic carbocycles. The first-order valence-electron chi connectivity index (χ1n) is 5.04. The van der Waals surface area contributed by atoms with Crippen LogP contribution in [0.3, 0.4) is 0 Å². The van der Waals surface area contributed by atoms with E-state index in [1.807, 2.05) is 12.1 Å². The maximum Gasteiger partial charge on any atom is 0.146 e. The molecule has 0 radical (unpaired) electrons. The van der Waals surface area contributed by atoms with Crippen LogP contribution in [0.1, 0.15) is 33.6 Å². The maximum absolute atomic E-state index is 5.75. The van der Waals surface area contributed by atoms with Gasteiger partial charge in [0.1, 0.15) is 5.82 Å². The van der Waals surface area contributed by atoms with Gasteiger partial charge >= 0.3 is 0 Å². The molecule has 0 aromatic carbocycles. The molecule has 1 aromatic heterocycles. The largest absolute Gasteiger partial charge is 0.382 e. The van der Waals surface area contributed by atoms with Crippen LogP contribution in [0.15, 0.2) is 18.3 Å². The Morgan fingerprint density at radius 2 is 2.21 bits per heavy atom. The van der Waals surface area contributed by atoms with Crippen molar-refractivity contribution in [2.45, 2.75) is 39.2 Å². The Bertz CT molecular complexity index is 294. The lowest BCUT2D eigenvalue weighted by Gasteiger charge is -2.27. The molecule has 3 heteroatoms. The second-order valence-electron chi connectivity index (χ2n) is 4.20. The Balaban J connectivity index is 2.73. The first-order valence-corrected chi connectivity index (χ1v) is 5.04. The molecule has 1 heterocycles. The number of aromatic nitrogens is 1. The van der Waals surface area contributed by atoms with Crippen molar-refractivity contribution in [2.75, 3.05) is 11.1 Å². The highest BCUT2D eigenvalue weighted by atomic mass is 15.0. The molecule has 0 aliphatic rings. The van der Waals surface area contributed by atoms with Crippen LogP contribution in [-0.2, 0) is 0 Å². The van der Waals surface area contributed by atoms with Gasteiger partial charge in [-0.3, -0.25) is 0 Å². The molecule has 0 bridgehead atoms. The Hall–Kier alpha value is -1.25. The average Bonchev–Trinajstić information content (AvgIpc) is 2.08. The van der Waals surface area contributed by atoms with Crippen molar-refractivity contribution in [1.82, 2.24) is 4.98 Å². The summed E-state index contributed by atoms with van der Waals surface area (Å²) in [6, 6.07) is 3.85. The molecule has 3 nitrogen and oxygen atoms in total. The quantitative estimate of drug-likeness (QED) is 0.773.